The predicted molar refractivity (Wildman–Crippen MR) is 88.2 cm³/mol. The fraction of sp³-hybridized carbons (Fsp3) is 0.118. The number of tetrazole rings is 1. The Labute approximate surface area is 143 Å². The lowest BCUT2D eigenvalue weighted by Gasteiger charge is -2.07. The van der Waals surface area contributed by atoms with Crippen LogP contribution in [0.2, 0.25) is 0 Å². The predicted octanol–water partition coefficient (Wildman–Crippen LogP) is 2.31. The molecule has 2 aromatic carbocycles. The SMILES string of the molecule is COc1ccc(-c2nc(Cc3ccccc3)no2)cc1-n1cnnn1. The molecule has 8 heteroatoms. The zero-order valence-corrected chi connectivity index (χ0v) is 13.4. The first-order valence-electron chi connectivity index (χ1n) is 7.62. The summed E-state index contributed by atoms with van der Waals surface area (Å²) in [6.07, 6.45) is 2.11. The fourth-order valence-electron chi connectivity index (χ4n) is 2.50. The van der Waals surface area contributed by atoms with Gasteiger partial charge in [-0.25, -0.2) is 0 Å². The average Bonchev–Trinajstić information content (AvgIpc) is 3.34. The molecule has 0 radical (unpaired) electrons. The van der Waals surface area contributed by atoms with Crippen LogP contribution >= 0.6 is 0 Å². The molecule has 0 saturated heterocycles. The van der Waals surface area contributed by atoms with Gasteiger partial charge in [-0.1, -0.05) is 35.5 Å². The van der Waals surface area contributed by atoms with Crippen LogP contribution in [0.15, 0.2) is 59.4 Å². The highest BCUT2D eigenvalue weighted by atomic mass is 16.5. The van der Waals surface area contributed by atoms with E-state index in [1.54, 1.807) is 7.11 Å². The van der Waals surface area contributed by atoms with Crippen LogP contribution in [-0.4, -0.2) is 37.5 Å². The van der Waals surface area contributed by atoms with E-state index in [0.717, 1.165) is 11.1 Å². The van der Waals surface area contributed by atoms with Crippen molar-refractivity contribution >= 4 is 0 Å². The Balaban J connectivity index is 1.65. The number of hydrogen-bond acceptors (Lipinski definition) is 7. The molecule has 0 atom stereocenters. The summed E-state index contributed by atoms with van der Waals surface area (Å²) in [6, 6.07) is 15.5. The maximum atomic E-state index is 5.41. The quantitative estimate of drug-likeness (QED) is 0.553. The van der Waals surface area contributed by atoms with Crippen LogP contribution < -0.4 is 4.74 Å². The van der Waals surface area contributed by atoms with E-state index in [4.69, 9.17) is 9.26 Å². The Bertz CT molecular complexity index is 966. The Morgan fingerprint density at radius 2 is 2.00 bits per heavy atom. The van der Waals surface area contributed by atoms with E-state index in [2.05, 4.69) is 25.7 Å². The molecule has 0 unspecified atom stereocenters. The minimum atomic E-state index is 0.433. The minimum Gasteiger partial charge on any atom is -0.494 e. The van der Waals surface area contributed by atoms with Gasteiger partial charge in [-0.3, -0.25) is 0 Å². The molecule has 0 N–H and O–H groups in total. The number of benzene rings is 2. The highest BCUT2D eigenvalue weighted by Crippen LogP contribution is 2.28. The van der Waals surface area contributed by atoms with E-state index in [0.29, 0.717) is 29.6 Å². The van der Waals surface area contributed by atoms with Crippen LogP contribution in [0.25, 0.3) is 17.1 Å². The molecule has 2 aromatic heterocycles. The van der Waals surface area contributed by atoms with Crippen LogP contribution in [0.5, 0.6) is 5.75 Å². The van der Waals surface area contributed by atoms with E-state index in [9.17, 15) is 0 Å². The Kier molecular flexibility index (Phi) is 3.91. The van der Waals surface area contributed by atoms with Crippen molar-refractivity contribution in [2.45, 2.75) is 6.42 Å². The summed E-state index contributed by atoms with van der Waals surface area (Å²) < 4.78 is 12.3. The third kappa shape index (κ3) is 3.09. The van der Waals surface area contributed by atoms with Gasteiger partial charge in [0.2, 0.25) is 0 Å². The Morgan fingerprint density at radius 1 is 1.12 bits per heavy atom. The minimum absolute atomic E-state index is 0.433. The maximum absolute atomic E-state index is 5.41. The summed E-state index contributed by atoms with van der Waals surface area (Å²) in [7, 11) is 1.59. The van der Waals surface area contributed by atoms with Crippen LogP contribution in [-0.2, 0) is 6.42 Å². The van der Waals surface area contributed by atoms with Crippen LogP contribution in [0.3, 0.4) is 0 Å². The van der Waals surface area contributed by atoms with Gasteiger partial charge < -0.3 is 9.26 Å². The standard InChI is InChI=1S/C17H14N6O2/c1-24-15-8-7-13(10-14(15)23-11-18-21-22-23)17-19-16(20-25-17)9-12-5-3-2-4-6-12/h2-8,10-11H,9H2,1H3. The van der Waals surface area contributed by atoms with Gasteiger partial charge >= 0.3 is 0 Å². The second-order valence-corrected chi connectivity index (χ2v) is 5.32. The number of hydrogen-bond donors (Lipinski definition) is 0. The van der Waals surface area contributed by atoms with Gasteiger partial charge in [-0.15, -0.1) is 5.10 Å². The summed E-state index contributed by atoms with van der Waals surface area (Å²) in [4.78, 5) is 4.47. The van der Waals surface area contributed by atoms with Gasteiger partial charge in [0.1, 0.15) is 17.8 Å². The van der Waals surface area contributed by atoms with Crippen molar-refractivity contribution in [3.05, 3.63) is 66.2 Å². The number of methoxy groups -OCH3 is 1. The van der Waals surface area contributed by atoms with E-state index in [1.807, 2.05) is 48.5 Å². The molecular formula is C17H14N6O2. The zero-order valence-electron chi connectivity index (χ0n) is 13.4. The van der Waals surface area contributed by atoms with E-state index in [-0.39, 0.29) is 0 Å². The highest BCUT2D eigenvalue weighted by Gasteiger charge is 2.14. The molecule has 0 aliphatic carbocycles. The van der Waals surface area contributed by atoms with Gasteiger partial charge in [0.25, 0.3) is 5.89 Å². The topological polar surface area (TPSA) is 91.8 Å². The molecule has 124 valence electrons. The summed E-state index contributed by atoms with van der Waals surface area (Å²) in [5, 5.41) is 15.3. The molecule has 8 nitrogen and oxygen atoms in total. The van der Waals surface area contributed by atoms with Crippen LogP contribution in [0, 0.1) is 0 Å². The largest absolute Gasteiger partial charge is 0.494 e. The molecule has 0 saturated carbocycles. The van der Waals surface area contributed by atoms with Gasteiger partial charge in [0.05, 0.1) is 7.11 Å². The summed E-state index contributed by atoms with van der Waals surface area (Å²) in [6.45, 7) is 0. The molecule has 25 heavy (non-hydrogen) atoms. The molecule has 0 aliphatic heterocycles. The molecule has 4 rings (SSSR count). The van der Waals surface area contributed by atoms with Crippen LogP contribution in [0.1, 0.15) is 11.4 Å². The summed E-state index contributed by atoms with van der Waals surface area (Å²) >= 11 is 0. The summed E-state index contributed by atoms with van der Waals surface area (Å²) in [5.74, 6) is 1.70. The monoisotopic (exact) mass is 334 g/mol. The molecule has 0 amide bonds. The van der Waals surface area contributed by atoms with E-state index >= 15 is 0 Å². The first-order chi connectivity index (χ1) is 12.3. The summed E-state index contributed by atoms with van der Waals surface area (Å²) in [5.41, 5.74) is 2.57. The zero-order chi connectivity index (χ0) is 17.1. The van der Waals surface area contributed by atoms with Crippen molar-refractivity contribution in [1.29, 1.82) is 0 Å². The van der Waals surface area contributed by atoms with Crippen molar-refractivity contribution in [1.82, 2.24) is 30.3 Å². The molecule has 0 spiro atoms. The lowest BCUT2D eigenvalue weighted by atomic mass is 10.1. The van der Waals surface area contributed by atoms with Gasteiger partial charge in [-0.05, 0) is 34.2 Å². The molecule has 0 bridgehead atoms. The number of ether oxygens (including phenoxy) is 1. The third-order valence-corrected chi connectivity index (χ3v) is 3.69. The van der Waals surface area contributed by atoms with E-state index in [1.165, 1.54) is 11.0 Å². The Morgan fingerprint density at radius 3 is 2.76 bits per heavy atom. The molecule has 0 aliphatic rings. The third-order valence-electron chi connectivity index (χ3n) is 3.69. The first kappa shape index (κ1) is 15.0. The molecular weight excluding hydrogens is 320 g/mol. The molecule has 4 aromatic rings. The lowest BCUT2D eigenvalue weighted by Crippen LogP contribution is -1.99. The van der Waals surface area contributed by atoms with Crippen molar-refractivity contribution in [2.24, 2.45) is 0 Å². The Hall–Kier alpha value is -3.55. The highest BCUT2D eigenvalue weighted by molar-refractivity contribution is 5.62. The average molecular weight is 334 g/mol. The molecule has 0 fully saturated rings. The fourth-order valence-corrected chi connectivity index (χ4v) is 2.50. The number of nitrogens with zero attached hydrogens (tertiary/aromatic N) is 6. The van der Waals surface area contributed by atoms with E-state index < -0.39 is 0 Å². The maximum Gasteiger partial charge on any atom is 0.258 e. The van der Waals surface area contributed by atoms with Gasteiger partial charge in [0, 0.05) is 12.0 Å². The second kappa shape index (κ2) is 6.52. The van der Waals surface area contributed by atoms with Crippen molar-refractivity contribution in [3.8, 4) is 22.9 Å². The van der Waals surface area contributed by atoms with Crippen molar-refractivity contribution in [2.75, 3.05) is 7.11 Å². The normalized spacial score (nSPS) is 10.8. The molecule has 2 heterocycles. The van der Waals surface area contributed by atoms with Gasteiger partial charge in [-0.2, -0.15) is 9.67 Å². The first-order valence-corrected chi connectivity index (χ1v) is 7.62. The lowest BCUT2D eigenvalue weighted by molar-refractivity contribution is 0.410. The van der Waals surface area contributed by atoms with Crippen LogP contribution in [0.4, 0.5) is 0 Å². The second-order valence-electron chi connectivity index (χ2n) is 5.32. The number of rotatable bonds is 5. The van der Waals surface area contributed by atoms with Crippen molar-refractivity contribution in [3.63, 3.8) is 0 Å². The van der Waals surface area contributed by atoms with Gasteiger partial charge in [0.15, 0.2) is 5.82 Å². The number of aromatic nitrogens is 6. The van der Waals surface area contributed by atoms with Crippen molar-refractivity contribution < 1.29 is 9.26 Å². The smallest absolute Gasteiger partial charge is 0.258 e.